The van der Waals surface area contributed by atoms with Crippen LogP contribution in [0.3, 0.4) is 0 Å². The van der Waals surface area contributed by atoms with E-state index in [0.29, 0.717) is 16.4 Å². The minimum absolute atomic E-state index is 0.116. The first kappa shape index (κ1) is 18.6. The van der Waals surface area contributed by atoms with Gasteiger partial charge < -0.3 is 5.32 Å². The van der Waals surface area contributed by atoms with Crippen molar-refractivity contribution in [1.82, 2.24) is 5.32 Å². The Bertz CT molecular complexity index is 696. The molecule has 1 heterocycles. The van der Waals surface area contributed by atoms with Gasteiger partial charge >= 0.3 is 0 Å². The molecule has 2 aromatic rings. The van der Waals surface area contributed by atoms with Crippen LogP contribution in [-0.4, -0.2) is 11.9 Å². The van der Waals surface area contributed by atoms with Crippen LogP contribution in [-0.2, 0) is 0 Å². The van der Waals surface area contributed by atoms with Gasteiger partial charge in [-0.25, -0.2) is 8.78 Å². The molecule has 5 heteroatoms. The van der Waals surface area contributed by atoms with Gasteiger partial charge in [-0.3, -0.25) is 4.79 Å². The van der Waals surface area contributed by atoms with Gasteiger partial charge in [-0.1, -0.05) is 32.8 Å². The maximum absolute atomic E-state index is 13.3. The largest absolute Gasteiger partial charge is 0.349 e. The monoisotopic (exact) mass is 351 g/mol. The summed E-state index contributed by atoms with van der Waals surface area (Å²) in [5.41, 5.74) is 0.572. The molecule has 24 heavy (non-hydrogen) atoms. The van der Waals surface area contributed by atoms with E-state index in [9.17, 15) is 13.6 Å². The Balaban J connectivity index is 1.96. The molecule has 0 bridgehead atoms. The third-order valence-electron chi connectivity index (χ3n) is 3.83. The molecule has 1 aromatic carbocycles. The average Bonchev–Trinajstić information content (AvgIpc) is 2.99. The van der Waals surface area contributed by atoms with Crippen molar-refractivity contribution in [2.24, 2.45) is 5.92 Å². The number of hydrogen-bond acceptors (Lipinski definition) is 2. The highest BCUT2D eigenvalue weighted by molar-refractivity contribution is 7.17. The van der Waals surface area contributed by atoms with Crippen LogP contribution in [0.5, 0.6) is 0 Å². The van der Waals surface area contributed by atoms with Crippen molar-refractivity contribution >= 4 is 17.2 Å². The molecule has 1 aromatic heterocycles. The van der Waals surface area contributed by atoms with Crippen LogP contribution in [0.4, 0.5) is 8.78 Å². The lowest BCUT2D eigenvalue weighted by Crippen LogP contribution is -2.31. The number of nitrogens with one attached hydrogen (secondary N) is 1. The molecule has 0 spiro atoms. The van der Waals surface area contributed by atoms with Crippen LogP contribution in [0.1, 0.15) is 49.7 Å². The number of rotatable bonds is 7. The fourth-order valence-corrected chi connectivity index (χ4v) is 3.37. The van der Waals surface area contributed by atoms with Gasteiger partial charge in [-0.05, 0) is 49.1 Å². The third-order valence-corrected chi connectivity index (χ3v) is 4.96. The number of thiophene rings is 1. The Labute approximate surface area is 145 Å². The summed E-state index contributed by atoms with van der Waals surface area (Å²) in [6.45, 7) is 6.38. The predicted molar refractivity (Wildman–Crippen MR) is 95.3 cm³/mol. The van der Waals surface area contributed by atoms with Crippen LogP contribution >= 0.6 is 11.3 Å². The summed E-state index contributed by atoms with van der Waals surface area (Å²) in [4.78, 5) is 13.6. The molecule has 0 unspecified atom stereocenters. The number of benzene rings is 1. The van der Waals surface area contributed by atoms with Crippen LogP contribution in [0, 0.1) is 17.6 Å². The molecule has 1 amide bonds. The second kappa shape index (κ2) is 8.38. The number of carbonyl (C=O) groups is 1. The lowest BCUT2D eigenvalue weighted by atomic mass is 10.0. The Morgan fingerprint density at radius 3 is 2.50 bits per heavy atom. The van der Waals surface area contributed by atoms with E-state index in [0.717, 1.165) is 36.3 Å². The summed E-state index contributed by atoms with van der Waals surface area (Å²) >= 11 is 1.28. The second-order valence-electron chi connectivity index (χ2n) is 6.49. The van der Waals surface area contributed by atoms with Gasteiger partial charge in [0.05, 0.1) is 4.88 Å². The maximum atomic E-state index is 13.3. The van der Waals surface area contributed by atoms with Gasteiger partial charge in [-0.2, -0.15) is 0 Å². The number of halogens is 2. The van der Waals surface area contributed by atoms with E-state index in [1.54, 1.807) is 12.1 Å². The fraction of sp³-hybridized carbons (Fsp3) is 0.421. The number of hydrogen-bond donors (Lipinski definition) is 1. The smallest absolute Gasteiger partial charge is 0.261 e. The molecular formula is C19H23F2NOS. The Hall–Kier alpha value is -1.75. The van der Waals surface area contributed by atoms with Gasteiger partial charge in [0.25, 0.3) is 5.91 Å². The summed E-state index contributed by atoms with van der Waals surface area (Å²) in [5, 5.41) is 2.99. The molecule has 130 valence electrons. The van der Waals surface area contributed by atoms with Crippen LogP contribution in [0.25, 0.3) is 10.4 Å². The zero-order valence-electron chi connectivity index (χ0n) is 14.2. The van der Waals surface area contributed by atoms with E-state index >= 15 is 0 Å². The highest BCUT2D eigenvalue weighted by atomic mass is 32.1. The van der Waals surface area contributed by atoms with Gasteiger partial charge in [-0.15, -0.1) is 11.3 Å². The summed E-state index contributed by atoms with van der Waals surface area (Å²) in [6, 6.07) is 7.36. The Kier molecular flexibility index (Phi) is 6.49. The molecule has 2 rings (SSSR count). The van der Waals surface area contributed by atoms with Crippen LogP contribution in [0.2, 0.25) is 0 Å². The minimum atomic E-state index is -0.884. The molecule has 0 aliphatic rings. The zero-order chi connectivity index (χ0) is 17.7. The van der Waals surface area contributed by atoms with Gasteiger partial charge in [0.1, 0.15) is 0 Å². The van der Waals surface area contributed by atoms with Crippen molar-refractivity contribution in [1.29, 1.82) is 0 Å². The molecule has 0 fully saturated rings. The van der Waals surface area contributed by atoms with E-state index in [1.807, 2.05) is 6.92 Å². The third kappa shape index (κ3) is 5.13. The first-order valence-corrected chi connectivity index (χ1v) is 9.04. The highest BCUT2D eigenvalue weighted by Crippen LogP contribution is 2.29. The molecule has 2 nitrogen and oxygen atoms in total. The molecule has 0 saturated heterocycles. The molecule has 0 aliphatic heterocycles. The fourth-order valence-electron chi connectivity index (χ4n) is 2.46. The topological polar surface area (TPSA) is 29.1 Å². The van der Waals surface area contributed by atoms with Crippen molar-refractivity contribution in [2.75, 3.05) is 0 Å². The van der Waals surface area contributed by atoms with Crippen LogP contribution in [0.15, 0.2) is 30.3 Å². The highest BCUT2D eigenvalue weighted by Gasteiger charge is 2.14. The lowest BCUT2D eigenvalue weighted by molar-refractivity contribution is 0.0942. The Morgan fingerprint density at radius 1 is 1.08 bits per heavy atom. The van der Waals surface area contributed by atoms with E-state index < -0.39 is 11.6 Å². The number of carbonyl (C=O) groups excluding carboxylic acids is 1. The summed E-state index contributed by atoms with van der Waals surface area (Å²) < 4.78 is 26.3. The average molecular weight is 351 g/mol. The van der Waals surface area contributed by atoms with E-state index in [2.05, 4.69) is 19.2 Å². The quantitative estimate of drug-likeness (QED) is 0.687. The SMILES string of the molecule is CC(C)CCC[C@H](C)NC(=O)c1ccc(-c2ccc(F)c(F)c2)s1. The first-order valence-electron chi connectivity index (χ1n) is 8.23. The second-order valence-corrected chi connectivity index (χ2v) is 7.58. The first-order chi connectivity index (χ1) is 11.4. The Morgan fingerprint density at radius 2 is 1.83 bits per heavy atom. The predicted octanol–water partition coefficient (Wildman–Crippen LogP) is 5.64. The van der Waals surface area contributed by atoms with Crippen molar-refractivity contribution < 1.29 is 13.6 Å². The van der Waals surface area contributed by atoms with E-state index in [1.165, 1.54) is 17.4 Å². The summed E-state index contributed by atoms with van der Waals surface area (Å²) in [5.74, 6) is -1.20. The zero-order valence-corrected chi connectivity index (χ0v) is 15.1. The van der Waals surface area contributed by atoms with Crippen molar-refractivity contribution in [3.05, 3.63) is 46.8 Å². The van der Waals surface area contributed by atoms with Crippen molar-refractivity contribution in [3.8, 4) is 10.4 Å². The van der Waals surface area contributed by atoms with Gasteiger partial charge in [0.2, 0.25) is 0 Å². The molecular weight excluding hydrogens is 328 g/mol. The van der Waals surface area contributed by atoms with E-state index in [4.69, 9.17) is 0 Å². The summed E-state index contributed by atoms with van der Waals surface area (Å²) in [6.07, 6.45) is 3.19. The number of amides is 1. The van der Waals surface area contributed by atoms with Gasteiger partial charge in [0.15, 0.2) is 11.6 Å². The van der Waals surface area contributed by atoms with Crippen molar-refractivity contribution in [3.63, 3.8) is 0 Å². The van der Waals surface area contributed by atoms with Gasteiger partial charge in [0, 0.05) is 10.9 Å². The molecule has 0 radical (unpaired) electrons. The molecule has 0 saturated carbocycles. The molecule has 0 aliphatic carbocycles. The molecule has 1 N–H and O–H groups in total. The standard InChI is InChI=1S/C19H23F2NOS/c1-12(2)5-4-6-13(3)22-19(23)18-10-9-17(24-18)14-7-8-15(20)16(21)11-14/h7-13H,4-6H2,1-3H3,(H,22,23)/t13-/m0/s1. The lowest BCUT2D eigenvalue weighted by Gasteiger charge is -2.13. The van der Waals surface area contributed by atoms with Crippen LogP contribution < -0.4 is 5.32 Å². The molecule has 1 atom stereocenters. The minimum Gasteiger partial charge on any atom is -0.349 e. The summed E-state index contributed by atoms with van der Waals surface area (Å²) in [7, 11) is 0. The normalized spacial score (nSPS) is 12.4. The maximum Gasteiger partial charge on any atom is 0.261 e. The van der Waals surface area contributed by atoms with Crippen molar-refractivity contribution in [2.45, 2.75) is 46.1 Å². The van der Waals surface area contributed by atoms with E-state index in [-0.39, 0.29) is 11.9 Å².